The molecule has 1 saturated heterocycles. The molecule has 3 aromatic heterocycles. The number of anilines is 2. The Bertz CT molecular complexity index is 1280. The molecule has 1 aliphatic heterocycles. The first kappa shape index (κ1) is 20.0. The van der Waals surface area contributed by atoms with Gasteiger partial charge in [0.2, 0.25) is 0 Å². The van der Waals surface area contributed by atoms with Gasteiger partial charge in [0.1, 0.15) is 18.5 Å². The molecule has 1 aromatic carbocycles. The number of nitrogens with zero attached hydrogens (tertiary/aromatic N) is 9. The van der Waals surface area contributed by atoms with E-state index < -0.39 is 18.5 Å². The fourth-order valence-corrected chi connectivity index (χ4v) is 3.75. The van der Waals surface area contributed by atoms with Crippen LogP contribution in [0.5, 0.6) is 0 Å². The Morgan fingerprint density at radius 2 is 1.75 bits per heavy atom. The summed E-state index contributed by atoms with van der Waals surface area (Å²) in [6.07, 6.45) is 4.94. The van der Waals surface area contributed by atoms with Crippen molar-refractivity contribution >= 4 is 22.4 Å². The average molecular weight is 439 g/mol. The number of alkyl halides is 2. The molecule has 1 fully saturated rings. The van der Waals surface area contributed by atoms with Crippen LogP contribution in [0.3, 0.4) is 0 Å². The summed E-state index contributed by atoms with van der Waals surface area (Å²) in [7, 11) is 0. The highest BCUT2D eigenvalue weighted by Gasteiger charge is 2.20. The Morgan fingerprint density at radius 1 is 0.969 bits per heavy atom. The van der Waals surface area contributed by atoms with Gasteiger partial charge in [-0.1, -0.05) is 0 Å². The number of piperazine rings is 1. The fraction of sp³-hybridized carbons (Fsp3) is 0.300. The first-order chi connectivity index (χ1) is 15.6. The zero-order valence-corrected chi connectivity index (χ0v) is 16.9. The van der Waals surface area contributed by atoms with Crippen LogP contribution in [0.1, 0.15) is 0 Å². The number of hydrogen-bond acceptors (Lipinski definition) is 8. The van der Waals surface area contributed by atoms with Crippen molar-refractivity contribution in [2.24, 2.45) is 0 Å². The van der Waals surface area contributed by atoms with Crippen LogP contribution in [0.25, 0.3) is 16.7 Å². The molecule has 5 rings (SSSR count). The molecule has 0 radical (unpaired) electrons. The van der Waals surface area contributed by atoms with Crippen molar-refractivity contribution in [1.82, 2.24) is 34.3 Å². The topological polar surface area (TPSA) is 97.9 Å². The minimum absolute atomic E-state index is 0.329. The van der Waals surface area contributed by atoms with E-state index in [4.69, 9.17) is 0 Å². The first-order valence-electron chi connectivity index (χ1n) is 10.0. The summed E-state index contributed by atoms with van der Waals surface area (Å²) in [5.41, 5.74) is 0.961. The Hall–Kier alpha value is -3.96. The van der Waals surface area contributed by atoms with Gasteiger partial charge in [0.05, 0.1) is 36.2 Å². The highest BCUT2D eigenvalue weighted by molar-refractivity contribution is 5.81. The van der Waals surface area contributed by atoms with Crippen LogP contribution in [-0.2, 0) is 6.54 Å². The largest absolute Gasteiger partial charge is 0.368 e. The lowest BCUT2D eigenvalue weighted by molar-refractivity contribution is 0.125. The summed E-state index contributed by atoms with van der Waals surface area (Å²) >= 11 is 0. The van der Waals surface area contributed by atoms with E-state index in [2.05, 4.69) is 34.8 Å². The molecule has 0 aliphatic carbocycles. The van der Waals surface area contributed by atoms with Crippen molar-refractivity contribution in [3.63, 3.8) is 0 Å². The van der Waals surface area contributed by atoms with E-state index in [1.165, 1.54) is 12.7 Å². The lowest BCUT2D eigenvalue weighted by Crippen LogP contribution is -2.47. The summed E-state index contributed by atoms with van der Waals surface area (Å²) in [5, 5.41) is 4.41. The van der Waals surface area contributed by atoms with Crippen molar-refractivity contribution in [3.8, 4) is 5.82 Å². The van der Waals surface area contributed by atoms with Gasteiger partial charge in [-0.25, -0.2) is 28.4 Å². The summed E-state index contributed by atoms with van der Waals surface area (Å²) in [4.78, 5) is 33.8. The zero-order valence-electron chi connectivity index (χ0n) is 16.9. The number of hydrogen-bond donors (Lipinski definition) is 0. The predicted molar refractivity (Wildman–Crippen MR) is 113 cm³/mol. The summed E-state index contributed by atoms with van der Waals surface area (Å²) < 4.78 is 27.8. The summed E-state index contributed by atoms with van der Waals surface area (Å²) in [5.74, 6) is 1.36. The van der Waals surface area contributed by atoms with E-state index in [-0.39, 0.29) is 0 Å². The van der Waals surface area contributed by atoms with Crippen molar-refractivity contribution in [3.05, 3.63) is 59.9 Å². The molecule has 0 amide bonds. The van der Waals surface area contributed by atoms with Crippen molar-refractivity contribution in [2.45, 2.75) is 13.0 Å². The van der Waals surface area contributed by atoms with Crippen molar-refractivity contribution in [1.29, 1.82) is 0 Å². The molecule has 0 spiro atoms. The molecule has 0 N–H and O–H groups in total. The molecule has 1 aliphatic rings. The maximum absolute atomic E-state index is 12.6. The number of rotatable bonds is 5. The molecular weight excluding hydrogens is 420 g/mol. The van der Waals surface area contributed by atoms with Gasteiger partial charge < -0.3 is 9.80 Å². The third-order valence-corrected chi connectivity index (χ3v) is 5.37. The van der Waals surface area contributed by atoms with Gasteiger partial charge in [-0.3, -0.25) is 14.3 Å². The highest BCUT2D eigenvalue weighted by Crippen LogP contribution is 2.22. The Balaban J connectivity index is 1.31. The maximum Gasteiger partial charge on any atom is 0.261 e. The highest BCUT2D eigenvalue weighted by atomic mass is 19.3. The van der Waals surface area contributed by atoms with Gasteiger partial charge in [-0.15, -0.1) is 0 Å². The number of aromatic nitrogens is 7. The maximum atomic E-state index is 12.6. The van der Waals surface area contributed by atoms with Crippen molar-refractivity contribution < 1.29 is 8.78 Å². The van der Waals surface area contributed by atoms with Crippen LogP contribution in [0.2, 0.25) is 0 Å². The van der Waals surface area contributed by atoms with Crippen LogP contribution < -0.4 is 15.4 Å². The molecule has 0 saturated carbocycles. The van der Waals surface area contributed by atoms with Crippen LogP contribution >= 0.6 is 0 Å². The first-order valence-corrected chi connectivity index (χ1v) is 10.0. The van der Waals surface area contributed by atoms with E-state index in [0.29, 0.717) is 16.7 Å². The SMILES string of the molecule is O=c1c2ccc(N3CCN(c4cncc(-n5cncn5)n4)CC3)cc2ncn1CC(F)F. The van der Waals surface area contributed by atoms with Crippen LogP contribution in [0, 0.1) is 0 Å². The molecule has 0 bridgehead atoms. The Kier molecular flexibility index (Phi) is 5.17. The number of halogens is 2. The van der Waals surface area contributed by atoms with E-state index in [9.17, 15) is 13.6 Å². The van der Waals surface area contributed by atoms with Gasteiger partial charge in [0, 0.05) is 31.9 Å². The second kappa shape index (κ2) is 8.29. The van der Waals surface area contributed by atoms with Gasteiger partial charge in [0.25, 0.3) is 12.0 Å². The molecule has 32 heavy (non-hydrogen) atoms. The quantitative estimate of drug-likeness (QED) is 0.460. The van der Waals surface area contributed by atoms with Crippen LogP contribution in [0.4, 0.5) is 20.3 Å². The molecule has 4 heterocycles. The molecule has 0 unspecified atom stereocenters. The summed E-state index contributed by atoms with van der Waals surface area (Å²) in [6, 6.07) is 5.31. The molecular formula is C20H19F2N9O. The molecule has 164 valence electrons. The second-order valence-electron chi connectivity index (χ2n) is 7.34. The zero-order chi connectivity index (χ0) is 22.1. The molecule has 4 aromatic rings. The van der Waals surface area contributed by atoms with Gasteiger partial charge in [-0.05, 0) is 18.2 Å². The average Bonchev–Trinajstić information content (AvgIpc) is 3.36. The van der Waals surface area contributed by atoms with Crippen LogP contribution in [0.15, 0.2) is 54.4 Å². The third kappa shape index (κ3) is 3.86. The van der Waals surface area contributed by atoms with E-state index in [1.54, 1.807) is 29.5 Å². The molecule has 10 nitrogen and oxygen atoms in total. The predicted octanol–water partition coefficient (Wildman–Crippen LogP) is 1.36. The minimum Gasteiger partial charge on any atom is -0.368 e. The fourth-order valence-electron chi connectivity index (χ4n) is 3.75. The lowest BCUT2D eigenvalue weighted by Gasteiger charge is -2.36. The monoisotopic (exact) mass is 439 g/mol. The smallest absolute Gasteiger partial charge is 0.261 e. The third-order valence-electron chi connectivity index (χ3n) is 5.37. The second-order valence-corrected chi connectivity index (χ2v) is 7.34. The van der Waals surface area contributed by atoms with Gasteiger partial charge in [0.15, 0.2) is 5.82 Å². The van der Waals surface area contributed by atoms with E-state index >= 15 is 0 Å². The van der Waals surface area contributed by atoms with Crippen LogP contribution in [-0.4, -0.2) is 66.9 Å². The van der Waals surface area contributed by atoms with Gasteiger partial charge >= 0.3 is 0 Å². The van der Waals surface area contributed by atoms with E-state index in [1.807, 2.05) is 12.1 Å². The Labute approximate surface area is 180 Å². The lowest BCUT2D eigenvalue weighted by atomic mass is 10.2. The normalized spacial score (nSPS) is 14.5. The Morgan fingerprint density at radius 3 is 2.50 bits per heavy atom. The number of benzene rings is 1. The van der Waals surface area contributed by atoms with E-state index in [0.717, 1.165) is 42.3 Å². The molecule has 12 heteroatoms. The minimum atomic E-state index is -2.61. The van der Waals surface area contributed by atoms with Gasteiger partial charge in [-0.2, -0.15) is 5.10 Å². The standard InChI is InChI=1S/C20H19F2N9O/c21-17(22)10-30-13-25-16-7-14(1-2-15(16)20(30)32)28-3-5-29(6-4-28)18-8-23-9-19(27-18)31-12-24-11-26-31/h1-2,7-9,11-13,17H,3-6,10H2. The number of fused-ring (bicyclic) bond motifs is 1. The molecule has 0 atom stereocenters. The summed E-state index contributed by atoms with van der Waals surface area (Å²) in [6.45, 7) is 2.28. The van der Waals surface area contributed by atoms with Crippen molar-refractivity contribution in [2.75, 3.05) is 36.0 Å².